The van der Waals surface area contributed by atoms with E-state index in [9.17, 15) is 4.79 Å². The molecule has 0 aliphatic carbocycles. The minimum absolute atomic E-state index is 0.176. The number of likely N-dealkylation sites (tertiary alicyclic amines) is 2. The van der Waals surface area contributed by atoms with Crippen molar-refractivity contribution < 1.29 is 14.3 Å². The third kappa shape index (κ3) is 4.10. The molecule has 2 heterocycles. The Balaban J connectivity index is 1.58. The van der Waals surface area contributed by atoms with Crippen molar-refractivity contribution in [2.45, 2.75) is 19.3 Å². The Morgan fingerprint density at radius 3 is 2.85 bits per heavy atom. The van der Waals surface area contributed by atoms with Gasteiger partial charge in [-0.1, -0.05) is 30.4 Å². The predicted octanol–water partition coefficient (Wildman–Crippen LogP) is 2.67. The highest BCUT2D eigenvalue weighted by atomic mass is 16.5. The lowest BCUT2D eigenvalue weighted by Crippen LogP contribution is -2.50. The first-order chi connectivity index (χ1) is 12.7. The average Bonchev–Trinajstić information content (AvgIpc) is 3.07. The molecule has 0 N–H and O–H groups in total. The van der Waals surface area contributed by atoms with Gasteiger partial charge < -0.3 is 14.4 Å². The van der Waals surface area contributed by atoms with E-state index in [0.717, 1.165) is 56.8 Å². The molecule has 5 nitrogen and oxygen atoms in total. The highest BCUT2D eigenvalue weighted by Gasteiger charge is 2.47. The van der Waals surface area contributed by atoms with Gasteiger partial charge in [0.05, 0.1) is 19.1 Å². The van der Waals surface area contributed by atoms with E-state index < -0.39 is 0 Å². The zero-order valence-corrected chi connectivity index (χ0v) is 15.9. The van der Waals surface area contributed by atoms with E-state index in [1.54, 1.807) is 14.2 Å². The van der Waals surface area contributed by atoms with Gasteiger partial charge in [0, 0.05) is 38.9 Å². The highest BCUT2D eigenvalue weighted by Crippen LogP contribution is 2.40. The normalized spacial score (nSPS) is 24.1. The average molecular weight is 358 g/mol. The number of methoxy groups -OCH3 is 2. The molecule has 0 saturated carbocycles. The monoisotopic (exact) mass is 358 g/mol. The van der Waals surface area contributed by atoms with Crippen LogP contribution in [-0.2, 0) is 9.53 Å². The molecule has 1 spiro atoms. The molecular weight excluding hydrogens is 328 g/mol. The molecule has 142 valence electrons. The van der Waals surface area contributed by atoms with Gasteiger partial charge in [-0.25, -0.2) is 0 Å². The minimum atomic E-state index is -0.176. The van der Waals surface area contributed by atoms with Crippen LogP contribution in [0.3, 0.4) is 0 Å². The van der Waals surface area contributed by atoms with Gasteiger partial charge in [-0.05, 0) is 31.9 Å². The fourth-order valence-corrected chi connectivity index (χ4v) is 4.19. The number of hydrogen-bond donors (Lipinski definition) is 0. The second-order valence-electron chi connectivity index (χ2n) is 7.30. The molecule has 1 aromatic rings. The third-order valence-corrected chi connectivity index (χ3v) is 5.62. The molecule has 2 aliphatic heterocycles. The number of amides is 1. The largest absolute Gasteiger partial charge is 0.496 e. The van der Waals surface area contributed by atoms with Gasteiger partial charge in [-0.2, -0.15) is 0 Å². The molecule has 5 heteroatoms. The zero-order chi connectivity index (χ0) is 18.4. The maximum absolute atomic E-state index is 13.0. The lowest BCUT2D eigenvalue weighted by Gasteiger charge is -2.39. The smallest absolute Gasteiger partial charge is 0.230 e. The zero-order valence-electron chi connectivity index (χ0n) is 15.9. The van der Waals surface area contributed by atoms with Crippen LogP contribution in [0.5, 0.6) is 5.75 Å². The molecule has 0 aromatic heterocycles. The molecular formula is C21H30N2O3. The van der Waals surface area contributed by atoms with Gasteiger partial charge in [0.1, 0.15) is 5.75 Å². The summed E-state index contributed by atoms with van der Waals surface area (Å²) < 4.78 is 10.5. The summed E-state index contributed by atoms with van der Waals surface area (Å²) >= 11 is 0. The molecule has 2 fully saturated rings. The summed E-state index contributed by atoms with van der Waals surface area (Å²) in [5.74, 6) is 1.22. The quantitative estimate of drug-likeness (QED) is 0.752. The van der Waals surface area contributed by atoms with Crippen LogP contribution in [0.1, 0.15) is 24.8 Å². The van der Waals surface area contributed by atoms with Crippen molar-refractivity contribution >= 4 is 12.0 Å². The topological polar surface area (TPSA) is 42.0 Å². The van der Waals surface area contributed by atoms with Gasteiger partial charge in [0.25, 0.3) is 0 Å². The molecule has 0 bridgehead atoms. The predicted molar refractivity (Wildman–Crippen MR) is 103 cm³/mol. The lowest BCUT2D eigenvalue weighted by atomic mass is 9.78. The molecule has 2 saturated heterocycles. The number of piperidine rings is 1. The van der Waals surface area contributed by atoms with Crippen molar-refractivity contribution in [3.63, 3.8) is 0 Å². The van der Waals surface area contributed by atoms with Crippen molar-refractivity contribution in [2.75, 3.05) is 53.6 Å². The first-order valence-electron chi connectivity index (χ1n) is 9.49. The lowest BCUT2D eigenvalue weighted by molar-refractivity contribution is -0.146. The number of hydrogen-bond acceptors (Lipinski definition) is 4. The number of carbonyl (C=O) groups excluding carboxylic acids is 1. The van der Waals surface area contributed by atoms with Crippen LogP contribution in [0.15, 0.2) is 30.3 Å². The molecule has 1 atom stereocenters. The van der Waals surface area contributed by atoms with Gasteiger partial charge in [0.15, 0.2) is 0 Å². The summed E-state index contributed by atoms with van der Waals surface area (Å²) in [6.45, 7) is 4.92. The second kappa shape index (κ2) is 8.69. The standard InChI is InChI=1S/C21H30N2O3/c1-25-16-15-23-13-6-10-21(20(23)24)11-14-22(17-21)12-5-8-18-7-3-4-9-19(18)26-2/h3-5,7-9H,6,10-17H2,1-2H3/b8-5+/t21-/m1/s1. The van der Waals surface area contributed by atoms with Crippen molar-refractivity contribution in [1.29, 1.82) is 0 Å². The molecule has 3 rings (SSSR count). The van der Waals surface area contributed by atoms with E-state index in [4.69, 9.17) is 9.47 Å². The van der Waals surface area contributed by atoms with E-state index in [-0.39, 0.29) is 5.41 Å². The fourth-order valence-electron chi connectivity index (χ4n) is 4.19. The van der Waals surface area contributed by atoms with Gasteiger partial charge in [-0.15, -0.1) is 0 Å². The molecule has 0 unspecified atom stereocenters. The van der Waals surface area contributed by atoms with Gasteiger partial charge >= 0.3 is 0 Å². The maximum Gasteiger partial charge on any atom is 0.230 e. The Labute approximate surface area is 156 Å². The first-order valence-corrected chi connectivity index (χ1v) is 9.49. The Morgan fingerprint density at radius 2 is 2.04 bits per heavy atom. The molecule has 1 amide bonds. The Kier molecular flexibility index (Phi) is 6.33. The SMILES string of the molecule is COCCN1CCC[C@]2(CCN(C/C=C/c3ccccc3OC)C2)C1=O. The van der Waals surface area contributed by atoms with Crippen LogP contribution >= 0.6 is 0 Å². The summed E-state index contributed by atoms with van der Waals surface area (Å²) in [7, 11) is 3.39. The van der Waals surface area contributed by atoms with Crippen molar-refractivity contribution in [3.05, 3.63) is 35.9 Å². The van der Waals surface area contributed by atoms with Crippen LogP contribution < -0.4 is 4.74 Å². The third-order valence-electron chi connectivity index (χ3n) is 5.62. The second-order valence-corrected chi connectivity index (χ2v) is 7.30. The van der Waals surface area contributed by atoms with E-state index in [1.165, 1.54) is 0 Å². The fraction of sp³-hybridized carbons (Fsp3) is 0.571. The van der Waals surface area contributed by atoms with E-state index in [2.05, 4.69) is 23.1 Å². The summed E-state index contributed by atoms with van der Waals surface area (Å²) in [6, 6.07) is 8.02. The first kappa shape index (κ1) is 18.9. The van der Waals surface area contributed by atoms with Crippen LogP contribution in [-0.4, -0.2) is 69.3 Å². The molecule has 0 radical (unpaired) electrons. The van der Waals surface area contributed by atoms with Crippen LogP contribution in [0.4, 0.5) is 0 Å². The summed E-state index contributed by atoms with van der Waals surface area (Å²) in [6.07, 6.45) is 7.37. The van der Waals surface area contributed by atoms with E-state index >= 15 is 0 Å². The Hall–Kier alpha value is -1.85. The van der Waals surface area contributed by atoms with Crippen LogP contribution in [0, 0.1) is 5.41 Å². The van der Waals surface area contributed by atoms with Gasteiger partial charge in [0.2, 0.25) is 5.91 Å². The number of benzene rings is 1. The number of nitrogens with zero attached hydrogens (tertiary/aromatic N) is 2. The Bertz CT molecular complexity index is 646. The van der Waals surface area contributed by atoms with Gasteiger partial charge in [-0.3, -0.25) is 9.69 Å². The Morgan fingerprint density at radius 1 is 1.19 bits per heavy atom. The molecule has 26 heavy (non-hydrogen) atoms. The van der Waals surface area contributed by atoms with Crippen LogP contribution in [0.2, 0.25) is 0 Å². The number of carbonyl (C=O) groups is 1. The van der Waals surface area contributed by atoms with Crippen molar-refractivity contribution in [1.82, 2.24) is 9.80 Å². The van der Waals surface area contributed by atoms with Crippen molar-refractivity contribution in [2.24, 2.45) is 5.41 Å². The number of ether oxygens (including phenoxy) is 2. The molecule has 1 aromatic carbocycles. The summed E-state index contributed by atoms with van der Waals surface area (Å²) in [5.41, 5.74) is 0.910. The van der Waals surface area contributed by atoms with Crippen LogP contribution in [0.25, 0.3) is 6.08 Å². The summed E-state index contributed by atoms with van der Waals surface area (Å²) in [5, 5.41) is 0. The summed E-state index contributed by atoms with van der Waals surface area (Å²) in [4.78, 5) is 17.4. The minimum Gasteiger partial charge on any atom is -0.496 e. The number of rotatable bonds is 7. The maximum atomic E-state index is 13.0. The number of para-hydroxylation sites is 1. The molecule has 2 aliphatic rings. The van der Waals surface area contributed by atoms with E-state index in [1.807, 2.05) is 23.1 Å². The highest BCUT2D eigenvalue weighted by molar-refractivity contribution is 5.84. The van der Waals surface area contributed by atoms with E-state index in [0.29, 0.717) is 19.1 Å². The van der Waals surface area contributed by atoms with Crippen molar-refractivity contribution in [3.8, 4) is 5.75 Å².